The number of nitro benzene ring substituents is 1. The number of non-ortho nitro benzene ring substituents is 1. The van der Waals surface area contributed by atoms with Gasteiger partial charge in [0.25, 0.3) is 5.69 Å². The van der Waals surface area contributed by atoms with Crippen LogP contribution in [-0.4, -0.2) is 28.7 Å². The lowest BCUT2D eigenvalue weighted by Crippen LogP contribution is -2.25. The van der Waals surface area contributed by atoms with E-state index in [0.717, 1.165) is 0 Å². The average Bonchev–Trinajstić information content (AvgIpc) is 2.77. The number of ether oxygens (including phenoxy) is 1. The molecule has 3 aromatic rings. The maximum Gasteiger partial charge on any atom is 0.273 e. The van der Waals surface area contributed by atoms with Gasteiger partial charge in [-0.05, 0) is 24.4 Å². The Labute approximate surface area is 182 Å². The van der Waals surface area contributed by atoms with Gasteiger partial charge in [0.05, 0.1) is 35.0 Å². The topological polar surface area (TPSA) is 111 Å². The van der Waals surface area contributed by atoms with Crippen LogP contribution in [0.2, 0.25) is 0 Å². The van der Waals surface area contributed by atoms with E-state index in [1.165, 1.54) is 25.3 Å². The summed E-state index contributed by atoms with van der Waals surface area (Å²) < 4.78 is 5.19. The summed E-state index contributed by atoms with van der Waals surface area (Å²) in [4.78, 5) is 36.4. The van der Waals surface area contributed by atoms with Gasteiger partial charge in [-0.25, -0.2) is 0 Å². The van der Waals surface area contributed by atoms with Crippen LogP contribution in [-0.2, 0) is 0 Å². The Morgan fingerprint density at radius 1 is 0.903 bits per heavy atom. The molecule has 9 heteroatoms. The molecule has 2 N–H and O–H groups in total. The summed E-state index contributed by atoms with van der Waals surface area (Å²) in [5.41, 5.74) is 1.90. The highest BCUT2D eigenvalue weighted by Crippen LogP contribution is 2.33. The molecule has 0 fully saturated rings. The zero-order valence-corrected chi connectivity index (χ0v) is 17.0. The average molecular weight is 433 g/mol. The van der Waals surface area contributed by atoms with E-state index < -0.39 is 4.92 Å². The third-order valence-corrected chi connectivity index (χ3v) is 5.05. The summed E-state index contributed by atoms with van der Waals surface area (Å²) in [6.07, 6.45) is 0. The highest BCUT2D eigenvalue weighted by molar-refractivity contribution is 7.80. The van der Waals surface area contributed by atoms with Crippen molar-refractivity contribution in [3.63, 3.8) is 0 Å². The van der Waals surface area contributed by atoms with Crippen molar-refractivity contribution < 1.29 is 19.2 Å². The van der Waals surface area contributed by atoms with Gasteiger partial charge in [0.15, 0.2) is 16.7 Å². The molecule has 0 spiro atoms. The van der Waals surface area contributed by atoms with Crippen LogP contribution in [0.4, 0.5) is 17.1 Å². The fraction of sp³-hybridized carbons (Fsp3) is 0.0455. The number of hydrogen-bond acceptors (Lipinski definition) is 6. The first-order chi connectivity index (χ1) is 14.9. The highest BCUT2D eigenvalue weighted by atomic mass is 32.1. The standard InChI is InChI=1S/C22H15N3O5S/c1-30-18-11-12(25(28)29)9-10-16(18)23-22(31)24-17-8-4-7-15-19(17)21(27)14-6-3-2-5-13(14)20(15)26/h2-11H,1H3,(H2,23,24,31). The van der Waals surface area contributed by atoms with Gasteiger partial charge >= 0.3 is 0 Å². The van der Waals surface area contributed by atoms with Gasteiger partial charge in [0.2, 0.25) is 0 Å². The molecule has 0 heterocycles. The molecule has 0 saturated heterocycles. The Balaban J connectivity index is 1.63. The number of rotatable bonds is 4. The number of carbonyl (C=O) groups excluding carboxylic acids is 2. The summed E-state index contributed by atoms with van der Waals surface area (Å²) in [6, 6.07) is 15.6. The zero-order valence-electron chi connectivity index (χ0n) is 16.2. The summed E-state index contributed by atoms with van der Waals surface area (Å²) in [5.74, 6) is -0.276. The molecule has 1 aliphatic rings. The molecule has 0 saturated carbocycles. The highest BCUT2D eigenvalue weighted by Gasteiger charge is 2.31. The van der Waals surface area contributed by atoms with Crippen molar-refractivity contribution in [2.24, 2.45) is 0 Å². The lowest BCUT2D eigenvalue weighted by molar-refractivity contribution is -0.384. The predicted molar refractivity (Wildman–Crippen MR) is 119 cm³/mol. The maximum absolute atomic E-state index is 13.1. The summed E-state index contributed by atoms with van der Waals surface area (Å²) in [5, 5.41) is 16.9. The van der Waals surface area contributed by atoms with Crippen LogP contribution in [0, 0.1) is 10.1 Å². The minimum atomic E-state index is -0.528. The molecule has 0 bridgehead atoms. The van der Waals surface area contributed by atoms with Crippen molar-refractivity contribution in [2.45, 2.75) is 0 Å². The smallest absolute Gasteiger partial charge is 0.273 e. The van der Waals surface area contributed by atoms with Crippen molar-refractivity contribution in [1.82, 2.24) is 0 Å². The zero-order chi connectivity index (χ0) is 22.1. The van der Waals surface area contributed by atoms with Gasteiger partial charge in [-0.2, -0.15) is 0 Å². The van der Waals surface area contributed by atoms with Gasteiger partial charge in [0.1, 0.15) is 5.75 Å². The molecule has 0 atom stereocenters. The fourth-order valence-electron chi connectivity index (χ4n) is 3.42. The van der Waals surface area contributed by atoms with Crippen molar-refractivity contribution in [3.8, 4) is 5.75 Å². The second-order valence-electron chi connectivity index (χ2n) is 6.65. The van der Waals surface area contributed by atoms with Crippen molar-refractivity contribution in [3.05, 3.63) is 93.0 Å². The van der Waals surface area contributed by atoms with Crippen molar-refractivity contribution in [2.75, 3.05) is 17.7 Å². The van der Waals surface area contributed by atoms with E-state index in [9.17, 15) is 19.7 Å². The third kappa shape index (κ3) is 3.62. The molecule has 31 heavy (non-hydrogen) atoms. The van der Waals surface area contributed by atoms with E-state index in [-0.39, 0.29) is 33.7 Å². The van der Waals surface area contributed by atoms with E-state index in [2.05, 4.69) is 10.6 Å². The molecule has 1 aliphatic carbocycles. The Kier molecular flexibility index (Phi) is 5.18. The number of benzene rings is 3. The molecule has 3 aromatic carbocycles. The number of methoxy groups -OCH3 is 1. The Morgan fingerprint density at radius 2 is 1.55 bits per heavy atom. The molecule has 0 aromatic heterocycles. The van der Waals surface area contributed by atoms with Crippen LogP contribution in [0.3, 0.4) is 0 Å². The van der Waals surface area contributed by atoms with Crippen LogP contribution in [0.25, 0.3) is 0 Å². The summed E-state index contributed by atoms with van der Waals surface area (Å²) in [6.45, 7) is 0. The second-order valence-corrected chi connectivity index (χ2v) is 7.06. The molecule has 154 valence electrons. The lowest BCUT2D eigenvalue weighted by Gasteiger charge is -2.21. The number of nitrogens with one attached hydrogen (secondary N) is 2. The third-order valence-electron chi connectivity index (χ3n) is 4.84. The van der Waals surface area contributed by atoms with Crippen molar-refractivity contribution in [1.29, 1.82) is 0 Å². The number of thiocarbonyl (C=S) groups is 1. The molecule has 0 unspecified atom stereocenters. The first kappa shape index (κ1) is 20.2. The normalized spacial score (nSPS) is 11.9. The second kappa shape index (κ2) is 7.96. The van der Waals surface area contributed by atoms with Gasteiger partial charge in [-0.3, -0.25) is 19.7 Å². The molecule has 0 amide bonds. The van der Waals surface area contributed by atoms with Gasteiger partial charge < -0.3 is 15.4 Å². The van der Waals surface area contributed by atoms with Crippen LogP contribution >= 0.6 is 12.2 Å². The number of anilines is 2. The molecule has 0 radical (unpaired) electrons. The number of carbonyl (C=O) groups is 2. The van der Waals surface area contributed by atoms with Crippen LogP contribution < -0.4 is 15.4 Å². The van der Waals surface area contributed by atoms with Gasteiger partial charge in [-0.15, -0.1) is 0 Å². The fourth-order valence-corrected chi connectivity index (χ4v) is 3.64. The molecule has 4 rings (SSSR count). The van der Waals surface area contributed by atoms with E-state index in [1.54, 1.807) is 42.5 Å². The van der Waals surface area contributed by atoms with Crippen LogP contribution in [0.5, 0.6) is 5.75 Å². The summed E-state index contributed by atoms with van der Waals surface area (Å²) >= 11 is 5.35. The van der Waals surface area contributed by atoms with E-state index in [1.807, 2.05) is 0 Å². The maximum atomic E-state index is 13.1. The largest absolute Gasteiger partial charge is 0.494 e. The molecule has 8 nitrogen and oxygen atoms in total. The van der Waals surface area contributed by atoms with Gasteiger partial charge in [-0.1, -0.05) is 36.4 Å². The summed E-state index contributed by atoms with van der Waals surface area (Å²) in [7, 11) is 1.38. The SMILES string of the molecule is COc1cc([N+](=O)[O-])ccc1NC(=S)Nc1cccc2c1C(=O)c1ccccc1C2=O. The Morgan fingerprint density at radius 3 is 2.23 bits per heavy atom. The number of ketones is 2. The number of fused-ring (bicyclic) bond motifs is 2. The predicted octanol–water partition coefficient (Wildman–Crippen LogP) is 4.19. The minimum absolute atomic E-state index is 0.124. The van der Waals surface area contributed by atoms with Crippen molar-refractivity contribution >= 4 is 46.0 Å². The first-order valence-corrected chi connectivity index (χ1v) is 9.53. The van der Waals surface area contributed by atoms with Gasteiger partial charge in [0, 0.05) is 22.8 Å². The quantitative estimate of drug-likeness (QED) is 0.280. The monoisotopic (exact) mass is 433 g/mol. The lowest BCUT2D eigenvalue weighted by atomic mass is 9.83. The van der Waals surface area contributed by atoms with E-state index in [4.69, 9.17) is 17.0 Å². The van der Waals surface area contributed by atoms with E-state index in [0.29, 0.717) is 28.1 Å². The molecule has 0 aliphatic heterocycles. The number of nitrogens with zero attached hydrogens (tertiary/aromatic N) is 1. The Bertz CT molecular complexity index is 1270. The Hall–Kier alpha value is -4.11. The number of nitro groups is 1. The van der Waals surface area contributed by atoms with Crippen LogP contribution in [0.1, 0.15) is 31.8 Å². The molecular weight excluding hydrogens is 418 g/mol. The van der Waals surface area contributed by atoms with E-state index >= 15 is 0 Å². The van der Waals surface area contributed by atoms with Crippen LogP contribution in [0.15, 0.2) is 60.7 Å². The molecular formula is C22H15N3O5S. The minimum Gasteiger partial charge on any atom is -0.494 e. The number of hydrogen-bond donors (Lipinski definition) is 2. The first-order valence-electron chi connectivity index (χ1n) is 9.12.